The van der Waals surface area contributed by atoms with Crippen LogP contribution in [0.2, 0.25) is 0 Å². The molecular formula is C17H26N2O5S. The van der Waals surface area contributed by atoms with E-state index in [-0.39, 0.29) is 10.5 Å². The van der Waals surface area contributed by atoms with Crippen LogP contribution in [0.1, 0.15) is 30.1 Å². The van der Waals surface area contributed by atoms with Crippen molar-refractivity contribution in [1.82, 2.24) is 4.31 Å². The molecule has 8 heteroatoms. The molecule has 1 fully saturated rings. The van der Waals surface area contributed by atoms with Gasteiger partial charge in [0, 0.05) is 27.2 Å². The quantitative estimate of drug-likeness (QED) is 0.537. The van der Waals surface area contributed by atoms with Gasteiger partial charge in [-0.25, -0.2) is 17.5 Å². The Kier molecular flexibility index (Phi) is 6.80. The molecule has 0 aromatic heterocycles. The second kappa shape index (κ2) is 8.64. The first kappa shape index (κ1) is 19.7. The van der Waals surface area contributed by atoms with Crippen LogP contribution in [0.25, 0.3) is 0 Å². The fourth-order valence-electron chi connectivity index (χ4n) is 2.52. The zero-order valence-electron chi connectivity index (χ0n) is 15.0. The van der Waals surface area contributed by atoms with E-state index >= 15 is 0 Å². The summed E-state index contributed by atoms with van der Waals surface area (Å²) in [6.07, 6.45) is 1.69. The van der Waals surface area contributed by atoms with Crippen molar-refractivity contribution in [2.24, 2.45) is 0 Å². The predicted octanol–water partition coefficient (Wildman–Crippen LogP) is 1.73. The summed E-state index contributed by atoms with van der Waals surface area (Å²) in [6.45, 7) is 4.77. The number of unbranched alkanes of at least 4 members (excludes halogenated alkanes) is 1. The highest BCUT2D eigenvalue weighted by atomic mass is 32.2. The normalized spacial score (nSPS) is 15.4. The zero-order valence-corrected chi connectivity index (χ0v) is 15.8. The van der Waals surface area contributed by atoms with Gasteiger partial charge in [-0.2, -0.15) is 0 Å². The molecule has 1 aliphatic heterocycles. The van der Waals surface area contributed by atoms with Crippen molar-refractivity contribution in [2.75, 3.05) is 51.9 Å². The molecule has 7 nitrogen and oxygen atoms in total. The monoisotopic (exact) mass is 370 g/mol. The van der Waals surface area contributed by atoms with Crippen molar-refractivity contribution in [2.45, 2.75) is 24.7 Å². The van der Waals surface area contributed by atoms with Gasteiger partial charge in [0.1, 0.15) is 0 Å². The minimum Gasteiger partial charge on any atom is -0.462 e. The summed E-state index contributed by atoms with van der Waals surface area (Å²) in [4.78, 5) is 14.6. The molecule has 0 bridgehead atoms. The second-order valence-corrected chi connectivity index (χ2v) is 8.21. The third-order valence-electron chi connectivity index (χ3n) is 4.05. The molecule has 140 valence electrons. The van der Waals surface area contributed by atoms with E-state index < -0.39 is 16.0 Å². The van der Waals surface area contributed by atoms with Gasteiger partial charge in [-0.15, -0.1) is 0 Å². The van der Waals surface area contributed by atoms with Gasteiger partial charge in [-0.1, -0.05) is 13.3 Å². The molecule has 0 saturated carbocycles. The molecule has 0 spiro atoms. The Hall–Kier alpha value is -1.64. The molecule has 1 aromatic rings. The lowest BCUT2D eigenvalue weighted by molar-refractivity contribution is 0.0499. The summed E-state index contributed by atoms with van der Waals surface area (Å²) >= 11 is 0. The van der Waals surface area contributed by atoms with Crippen molar-refractivity contribution in [3.8, 4) is 0 Å². The smallest absolute Gasteiger partial charge is 0.340 e. The van der Waals surface area contributed by atoms with E-state index in [2.05, 4.69) is 0 Å². The van der Waals surface area contributed by atoms with Gasteiger partial charge in [0.2, 0.25) is 10.0 Å². The van der Waals surface area contributed by atoms with E-state index in [1.807, 2.05) is 11.8 Å². The number of carbonyl (C=O) groups excluding carboxylic acids is 1. The Morgan fingerprint density at radius 1 is 1.28 bits per heavy atom. The minimum atomic E-state index is -3.62. The predicted molar refractivity (Wildman–Crippen MR) is 95.5 cm³/mol. The summed E-state index contributed by atoms with van der Waals surface area (Å²) in [5.41, 5.74) is 0.962. The number of benzene rings is 1. The highest BCUT2D eigenvalue weighted by Gasteiger charge is 2.24. The first-order valence-electron chi connectivity index (χ1n) is 8.44. The second-order valence-electron chi connectivity index (χ2n) is 6.06. The number of esters is 1. The maximum Gasteiger partial charge on any atom is 0.340 e. The molecule has 25 heavy (non-hydrogen) atoms. The lowest BCUT2D eigenvalue weighted by Gasteiger charge is -2.30. The molecular weight excluding hydrogens is 344 g/mol. The average Bonchev–Trinajstić information content (AvgIpc) is 2.62. The SMILES string of the molecule is CCCCOC(=O)c1cc(S(=O)(=O)N(C)C)ccc1N1CCOCC1. The number of hydrogen-bond donors (Lipinski definition) is 0. The van der Waals surface area contributed by atoms with Crippen LogP contribution < -0.4 is 4.90 Å². The molecule has 0 aliphatic carbocycles. The number of morpholine rings is 1. The van der Waals surface area contributed by atoms with Crippen LogP contribution in [0, 0.1) is 0 Å². The lowest BCUT2D eigenvalue weighted by atomic mass is 10.1. The molecule has 1 aliphatic rings. The number of hydrogen-bond acceptors (Lipinski definition) is 6. The van der Waals surface area contributed by atoms with Gasteiger partial charge in [0.15, 0.2) is 0 Å². The van der Waals surface area contributed by atoms with Gasteiger partial charge in [-0.05, 0) is 24.6 Å². The number of carbonyl (C=O) groups is 1. The molecule has 0 radical (unpaired) electrons. The summed E-state index contributed by atoms with van der Waals surface area (Å²) in [7, 11) is -0.698. The first-order chi connectivity index (χ1) is 11.9. The van der Waals surface area contributed by atoms with Crippen LogP contribution in [0.3, 0.4) is 0 Å². The summed E-state index contributed by atoms with van der Waals surface area (Å²) in [6, 6.07) is 4.62. The van der Waals surface area contributed by atoms with Crippen LogP contribution >= 0.6 is 0 Å². The molecule has 1 aromatic carbocycles. The number of ether oxygens (including phenoxy) is 2. The number of rotatable bonds is 7. The van der Waals surface area contributed by atoms with Crippen LogP contribution in [-0.2, 0) is 19.5 Å². The van der Waals surface area contributed by atoms with Crippen molar-refractivity contribution in [3.63, 3.8) is 0 Å². The van der Waals surface area contributed by atoms with E-state index in [0.717, 1.165) is 17.1 Å². The van der Waals surface area contributed by atoms with Crippen molar-refractivity contribution in [3.05, 3.63) is 23.8 Å². The Bertz CT molecular complexity index is 697. The summed E-state index contributed by atoms with van der Waals surface area (Å²) in [5, 5.41) is 0. The Balaban J connectivity index is 2.39. The van der Waals surface area contributed by atoms with Crippen LogP contribution in [0.4, 0.5) is 5.69 Å². The largest absolute Gasteiger partial charge is 0.462 e. The molecule has 0 amide bonds. The van der Waals surface area contributed by atoms with Gasteiger partial charge in [0.25, 0.3) is 0 Å². The van der Waals surface area contributed by atoms with Gasteiger partial charge >= 0.3 is 5.97 Å². The average molecular weight is 370 g/mol. The zero-order chi connectivity index (χ0) is 18.4. The fourth-order valence-corrected chi connectivity index (χ4v) is 3.45. The third kappa shape index (κ3) is 4.71. The summed E-state index contributed by atoms with van der Waals surface area (Å²) in [5.74, 6) is -0.495. The van der Waals surface area contributed by atoms with Crippen molar-refractivity contribution < 1.29 is 22.7 Å². The summed E-state index contributed by atoms with van der Waals surface area (Å²) < 4.78 is 36.6. The molecule has 0 atom stereocenters. The van der Waals surface area contributed by atoms with E-state index in [1.54, 1.807) is 6.07 Å². The van der Waals surface area contributed by atoms with E-state index in [4.69, 9.17) is 9.47 Å². The highest BCUT2D eigenvalue weighted by molar-refractivity contribution is 7.89. The number of nitrogens with zero attached hydrogens (tertiary/aromatic N) is 2. The van der Waals surface area contributed by atoms with Crippen LogP contribution in [0.5, 0.6) is 0 Å². The standard InChI is InChI=1S/C17H26N2O5S/c1-4-5-10-24-17(20)15-13-14(25(21,22)18(2)3)6-7-16(15)19-8-11-23-12-9-19/h6-7,13H,4-5,8-12H2,1-3H3. The molecule has 0 N–H and O–H groups in total. The van der Waals surface area contributed by atoms with E-state index in [1.165, 1.54) is 26.2 Å². The first-order valence-corrected chi connectivity index (χ1v) is 9.88. The van der Waals surface area contributed by atoms with Gasteiger partial charge in [-0.3, -0.25) is 0 Å². The van der Waals surface area contributed by atoms with Crippen LogP contribution in [-0.4, -0.2) is 65.7 Å². The van der Waals surface area contributed by atoms with E-state index in [9.17, 15) is 13.2 Å². The van der Waals surface area contributed by atoms with Crippen molar-refractivity contribution in [1.29, 1.82) is 0 Å². The topological polar surface area (TPSA) is 76.2 Å². The fraction of sp³-hybridized carbons (Fsp3) is 0.588. The molecule has 2 rings (SSSR count). The number of sulfonamides is 1. The van der Waals surface area contributed by atoms with E-state index in [0.29, 0.717) is 38.6 Å². The molecule has 1 saturated heterocycles. The maximum absolute atomic E-state index is 12.5. The van der Waals surface area contributed by atoms with Crippen molar-refractivity contribution >= 4 is 21.7 Å². The Morgan fingerprint density at radius 2 is 1.96 bits per heavy atom. The lowest BCUT2D eigenvalue weighted by Crippen LogP contribution is -2.37. The molecule has 1 heterocycles. The third-order valence-corrected chi connectivity index (χ3v) is 5.86. The Morgan fingerprint density at radius 3 is 2.56 bits per heavy atom. The minimum absolute atomic E-state index is 0.0805. The molecule has 0 unspecified atom stereocenters. The number of anilines is 1. The van der Waals surface area contributed by atoms with Gasteiger partial charge < -0.3 is 14.4 Å². The van der Waals surface area contributed by atoms with Gasteiger partial charge in [0.05, 0.1) is 36.0 Å². The Labute approximate surface area is 149 Å². The maximum atomic E-state index is 12.5. The highest BCUT2D eigenvalue weighted by Crippen LogP contribution is 2.27. The van der Waals surface area contributed by atoms with Crippen LogP contribution in [0.15, 0.2) is 23.1 Å².